The van der Waals surface area contributed by atoms with Crippen molar-refractivity contribution in [1.82, 2.24) is 5.32 Å². The van der Waals surface area contributed by atoms with Gasteiger partial charge in [-0.2, -0.15) is 0 Å². The first-order valence-corrected chi connectivity index (χ1v) is 5.15. The quantitative estimate of drug-likeness (QED) is 0.663. The minimum absolute atomic E-state index is 0.461. The van der Waals surface area contributed by atoms with Crippen molar-refractivity contribution in [2.75, 3.05) is 0 Å². The van der Waals surface area contributed by atoms with E-state index in [0.29, 0.717) is 12.5 Å². The van der Waals surface area contributed by atoms with E-state index in [9.17, 15) is 4.79 Å². The maximum atomic E-state index is 11.1. The highest BCUT2D eigenvalue weighted by molar-refractivity contribution is 5.78. The Bertz CT molecular complexity index is 189. The Labute approximate surface area is 79.5 Å². The Morgan fingerprint density at radius 2 is 2.15 bits per heavy atom. The molecule has 0 aromatic carbocycles. The molecule has 3 nitrogen and oxygen atoms in total. The Balaban J connectivity index is 2.61. The highest BCUT2D eigenvalue weighted by Crippen LogP contribution is 2.27. The van der Waals surface area contributed by atoms with Crippen molar-refractivity contribution in [1.29, 1.82) is 0 Å². The number of hydrogen-bond donors (Lipinski definition) is 2. The van der Waals surface area contributed by atoms with Gasteiger partial charge in [0.2, 0.25) is 0 Å². The van der Waals surface area contributed by atoms with Crippen LogP contribution in [0.4, 0.5) is 0 Å². The van der Waals surface area contributed by atoms with E-state index in [4.69, 9.17) is 5.11 Å². The maximum Gasteiger partial charge on any atom is 0.323 e. The Morgan fingerprint density at radius 1 is 1.54 bits per heavy atom. The molecule has 0 saturated heterocycles. The lowest BCUT2D eigenvalue weighted by Crippen LogP contribution is -2.52. The number of carboxylic acid groups (broad SMARTS) is 1. The fraction of sp³-hybridized carbons (Fsp3) is 0.900. The van der Waals surface area contributed by atoms with E-state index in [1.807, 2.05) is 13.8 Å². The summed E-state index contributed by atoms with van der Waals surface area (Å²) in [5.41, 5.74) is -0.657. The van der Waals surface area contributed by atoms with Gasteiger partial charge in [-0.3, -0.25) is 10.1 Å². The van der Waals surface area contributed by atoms with Gasteiger partial charge in [0, 0.05) is 6.04 Å². The number of carboxylic acids is 1. The topological polar surface area (TPSA) is 49.3 Å². The van der Waals surface area contributed by atoms with E-state index in [1.54, 1.807) is 0 Å². The van der Waals surface area contributed by atoms with Gasteiger partial charge in [-0.1, -0.05) is 20.3 Å². The Hall–Kier alpha value is -0.570. The summed E-state index contributed by atoms with van der Waals surface area (Å²) in [5.74, 6) is -0.691. The third kappa shape index (κ3) is 2.44. The molecule has 0 radical (unpaired) electrons. The van der Waals surface area contributed by atoms with Crippen molar-refractivity contribution in [2.45, 2.75) is 57.5 Å². The second kappa shape index (κ2) is 4.09. The van der Waals surface area contributed by atoms with Crippen molar-refractivity contribution in [3.63, 3.8) is 0 Å². The van der Waals surface area contributed by atoms with Crippen molar-refractivity contribution >= 4 is 5.97 Å². The molecule has 76 valence electrons. The molecule has 0 heterocycles. The van der Waals surface area contributed by atoms with Crippen LogP contribution in [0.3, 0.4) is 0 Å². The minimum Gasteiger partial charge on any atom is -0.480 e. The Kier molecular flexibility index (Phi) is 3.31. The minimum atomic E-state index is -0.691. The van der Waals surface area contributed by atoms with Gasteiger partial charge in [0.25, 0.3) is 0 Å². The molecule has 0 aliphatic heterocycles. The van der Waals surface area contributed by atoms with Crippen molar-refractivity contribution in [3.8, 4) is 0 Å². The molecule has 1 aliphatic carbocycles. The predicted octanol–water partition coefficient (Wildman–Crippen LogP) is 1.77. The van der Waals surface area contributed by atoms with Crippen LogP contribution in [-0.4, -0.2) is 22.7 Å². The predicted molar refractivity (Wildman–Crippen MR) is 51.7 cm³/mol. The normalized spacial score (nSPS) is 21.1. The maximum absolute atomic E-state index is 11.1. The Morgan fingerprint density at radius 3 is 2.46 bits per heavy atom. The summed E-state index contributed by atoms with van der Waals surface area (Å²) >= 11 is 0. The molecule has 0 amide bonds. The van der Waals surface area contributed by atoms with Gasteiger partial charge in [0.05, 0.1) is 0 Å². The SMILES string of the molecule is CCCC(CC)(NC1CC1)C(=O)O. The molecule has 0 aromatic rings. The smallest absolute Gasteiger partial charge is 0.323 e. The summed E-state index contributed by atoms with van der Waals surface area (Å²) in [7, 11) is 0. The number of aliphatic carboxylic acids is 1. The van der Waals surface area contributed by atoms with Crippen LogP contribution in [0.1, 0.15) is 46.0 Å². The molecule has 2 N–H and O–H groups in total. The summed E-state index contributed by atoms with van der Waals surface area (Å²) in [6.07, 6.45) is 4.60. The summed E-state index contributed by atoms with van der Waals surface area (Å²) in [6, 6.07) is 0.461. The van der Waals surface area contributed by atoms with Crippen molar-refractivity contribution < 1.29 is 9.90 Å². The van der Waals surface area contributed by atoms with Crippen LogP contribution >= 0.6 is 0 Å². The van der Waals surface area contributed by atoms with Gasteiger partial charge in [-0.15, -0.1) is 0 Å². The van der Waals surface area contributed by atoms with E-state index in [1.165, 1.54) is 0 Å². The molecule has 1 unspecified atom stereocenters. The van der Waals surface area contributed by atoms with E-state index in [2.05, 4.69) is 5.32 Å². The third-order valence-electron chi connectivity index (χ3n) is 2.75. The molecule has 0 spiro atoms. The zero-order valence-corrected chi connectivity index (χ0v) is 8.47. The van der Waals surface area contributed by atoms with Crippen molar-refractivity contribution in [3.05, 3.63) is 0 Å². The van der Waals surface area contributed by atoms with Gasteiger partial charge < -0.3 is 5.11 Å². The van der Waals surface area contributed by atoms with Gasteiger partial charge >= 0.3 is 5.97 Å². The number of hydrogen-bond acceptors (Lipinski definition) is 2. The highest BCUT2D eigenvalue weighted by atomic mass is 16.4. The molecular weight excluding hydrogens is 166 g/mol. The van der Waals surface area contributed by atoms with E-state index in [-0.39, 0.29) is 0 Å². The van der Waals surface area contributed by atoms with Gasteiger partial charge in [-0.25, -0.2) is 0 Å². The largest absolute Gasteiger partial charge is 0.480 e. The molecule has 0 bridgehead atoms. The number of carbonyl (C=O) groups is 1. The standard InChI is InChI=1S/C10H19NO2/c1-3-7-10(4-2,9(12)13)11-8-5-6-8/h8,11H,3-7H2,1-2H3,(H,12,13). The lowest BCUT2D eigenvalue weighted by molar-refractivity contribution is -0.145. The molecule has 0 aromatic heterocycles. The molecule has 1 saturated carbocycles. The third-order valence-corrected chi connectivity index (χ3v) is 2.75. The lowest BCUT2D eigenvalue weighted by Gasteiger charge is -2.29. The summed E-state index contributed by atoms with van der Waals surface area (Å²) in [5, 5.41) is 12.4. The first-order valence-electron chi connectivity index (χ1n) is 5.15. The van der Waals surface area contributed by atoms with Crippen LogP contribution in [0.25, 0.3) is 0 Å². The molecule has 1 aliphatic rings. The van der Waals surface area contributed by atoms with Crippen LogP contribution in [0.15, 0.2) is 0 Å². The van der Waals surface area contributed by atoms with Crippen LogP contribution in [-0.2, 0) is 4.79 Å². The lowest BCUT2D eigenvalue weighted by atomic mass is 9.90. The van der Waals surface area contributed by atoms with Gasteiger partial charge in [-0.05, 0) is 25.7 Å². The second-order valence-corrected chi connectivity index (χ2v) is 3.91. The monoisotopic (exact) mass is 185 g/mol. The number of rotatable bonds is 6. The first-order chi connectivity index (χ1) is 6.14. The van der Waals surface area contributed by atoms with Crippen molar-refractivity contribution in [2.24, 2.45) is 0 Å². The van der Waals surface area contributed by atoms with Crippen LogP contribution in [0.5, 0.6) is 0 Å². The summed E-state index contributed by atoms with van der Waals surface area (Å²) in [4.78, 5) is 11.1. The molecule has 1 atom stereocenters. The second-order valence-electron chi connectivity index (χ2n) is 3.91. The average molecular weight is 185 g/mol. The van der Waals surface area contributed by atoms with Crippen LogP contribution < -0.4 is 5.32 Å². The molecular formula is C10H19NO2. The molecule has 1 rings (SSSR count). The van der Waals surface area contributed by atoms with Gasteiger partial charge in [0.1, 0.15) is 5.54 Å². The zero-order valence-electron chi connectivity index (χ0n) is 8.47. The fourth-order valence-electron chi connectivity index (χ4n) is 1.72. The van der Waals surface area contributed by atoms with Gasteiger partial charge in [0.15, 0.2) is 0 Å². The van der Waals surface area contributed by atoms with E-state index < -0.39 is 11.5 Å². The zero-order chi connectivity index (χ0) is 9.90. The van der Waals surface area contributed by atoms with E-state index >= 15 is 0 Å². The summed E-state index contributed by atoms with van der Waals surface area (Å²) < 4.78 is 0. The summed E-state index contributed by atoms with van der Waals surface area (Å²) in [6.45, 7) is 3.97. The molecule has 3 heteroatoms. The fourth-order valence-corrected chi connectivity index (χ4v) is 1.72. The van der Waals surface area contributed by atoms with E-state index in [0.717, 1.165) is 25.7 Å². The van der Waals surface area contributed by atoms with Crippen LogP contribution in [0.2, 0.25) is 0 Å². The molecule has 13 heavy (non-hydrogen) atoms. The first kappa shape index (κ1) is 10.5. The highest BCUT2D eigenvalue weighted by Gasteiger charge is 2.40. The number of nitrogens with one attached hydrogen (secondary N) is 1. The van der Waals surface area contributed by atoms with Crippen LogP contribution in [0, 0.1) is 0 Å². The molecule has 1 fully saturated rings. The average Bonchev–Trinajstić information content (AvgIpc) is 2.87.